The average molecular weight is 272 g/mol. The first-order valence-corrected chi connectivity index (χ1v) is 4.63. The molecule has 6 heteroatoms. The summed E-state index contributed by atoms with van der Waals surface area (Å²) in [5.41, 5.74) is -0.405. The molecule has 0 radical (unpaired) electrons. The van der Waals surface area contributed by atoms with Gasteiger partial charge in [-0.25, -0.2) is 13.8 Å². The highest BCUT2D eigenvalue weighted by atomic mass is 79.9. The Morgan fingerprint density at radius 2 is 2.13 bits per heavy atom. The summed E-state index contributed by atoms with van der Waals surface area (Å²) in [4.78, 5) is 3.66. The molecule has 0 fully saturated rings. The number of nitrogens with zero attached hydrogens (tertiary/aromatic N) is 3. The van der Waals surface area contributed by atoms with Gasteiger partial charge in [-0.1, -0.05) is 0 Å². The van der Waals surface area contributed by atoms with Gasteiger partial charge in [0.25, 0.3) is 6.43 Å². The van der Waals surface area contributed by atoms with E-state index in [9.17, 15) is 8.78 Å². The van der Waals surface area contributed by atoms with Crippen molar-refractivity contribution in [2.24, 2.45) is 0 Å². The number of nitriles is 2. The summed E-state index contributed by atoms with van der Waals surface area (Å²) in [5, 5.41) is 17.3. The second kappa shape index (κ2) is 4.81. The van der Waals surface area contributed by atoms with Crippen molar-refractivity contribution in [3.05, 3.63) is 27.5 Å². The Morgan fingerprint density at radius 1 is 1.47 bits per heavy atom. The van der Waals surface area contributed by atoms with E-state index in [1.807, 2.05) is 0 Å². The van der Waals surface area contributed by atoms with Gasteiger partial charge in [-0.3, -0.25) is 0 Å². The van der Waals surface area contributed by atoms with Crippen molar-refractivity contribution in [1.29, 1.82) is 10.5 Å². The van der Waals surface area contributed by atoms with Crippen LogP contribution < -0.4 is 0 Å². The van der Waals surface area contributed by atoms with Crippen LogP contribution in [0.4, 0.5) is 8.78 Å². The Morgan fingerprint density at radius 3 is 2.60 bits per heavy atom. The van der Waals surface area contributed by atoms with E-state index in [0.717, 1.165) is 6.20 Å². The molecule has 0 aliphatic rings. The first kappa shape index (κ1) is 11.5. The lowest BCUT2D eigenvalue weighted by Crippen LogP contribution is -2.00. The van der Waals surface area contributed by atoms with Crippen molar-refractivity contribution in [1.82, 2.24) is 4.98 Å². The maximum atomic E-state index is 12.5. The van der Waals surface area contributed by atoms with Gasteiger partial charge in [0.05, 0.1) is 23.6 Å². The fourth-order valence-electron chi connectivity index (χ4n) is 1.08. The van der Waals surface area contributed by atoms with E-state index in [1.165, 1.54) is 0 Å². The fraction of sp³-hybridized carbons (Fsp3) is 0.222. The number of hydrogen-bond donors (Lipinski definition) is 0. The van der Waals surface area contributed by atoms with Crippen LogP contribution >= 0.6 is 15.9 Å². The molecule has 1 aromatic rings. The molecule has 0 saturated carbocycles. The third-order valence-corrected chi connectivity index (χ3v) is 2.44. The Bertz CT molecular complexity index is 460. The van der Waals surface area contributed by atoms with E-state index in [-0.39, 0.29) is 22.2 Å². The minimum absolute atomic E-state index is 0.128. The highest BCUT2D eigenvalue weighted by molar-refractivity contribution is 9.10. The monoisotopic (exact) mass is 271 g/mol. The topological polar surface area (TPSA) is 60.5 Å². The molecular formula is C9H4BrF2N3. The maximum absolute atomic E-state index is 12.5. The molecule has 3 nitrogen and oxygen atoms in total. The molecule has 15 heavy (non-hydrogen) atoms. The number of hydrogen-bond acceptors (Lipinski definition) is 3. The summed E-state index contributed by atoms with van der Waals surface area (Å²) in [6.07, 6.45) is -1.96. The van der Waals surface area contributed by atoms with Crippen LogP contribution in [0.5, 0.6) is 0 Å². The van der Waals surface area contributed by atoms with Crippen molar-refractivity contribution in [2.45, 2.75) is 12.8 Å². The summed E-state index contributed by atoms with van der Waals surface area (Å²) in [7, 11) is 0. The first-order chi connectivity index (χ1) is 7.11. The molecule has 0 saturated heterocycles. The molecule has 1 heterocycles. The number of rotatable bonds is 2. The summed E-state index contributed by atoms with van der Waals surface area (Å²) in [6, 6.07) is 3.47. The lowest BCUT2D eigenvalue weighted by atomic mass is 10.0. The second-order valence-electron chi connectivity index (χ2n) is 2.61. The van der Waals surface area contributed by atoms with Crippen LogP contribution in [0.15, 0.2) is 10.8 Å². The van der Waals surface area contributed by atoms with E-state index in [4.69, 9.17) is 10.5 Å². The molecule has 0 unspecified atom stereocenters. The van der Waals surface area contributed by atoms with Gasteiger partial charge in [0.2, 0.25) is 0 Å². The van der Waals surface area contributed by atoms with E-state index < -0.39 is 12.0 Å². The Labute approximate surface area is 93.1 Å². The van der Waals surface area contributed by atoms with E-state index in [1.54, 1.807) is 12.1 Å². The number of aromatic nitrogens is 1. The SMILES string of the molecule is N#CCc1c(Br)ncc(C(F)F)c1C#N. The molecule has 0 bridgehead atoms. The smallest absolute Gasteiger partial charge is 0.248 e. The summed E-state index contributed by atoms with van der Waals surface area (Å²) in [6.45, 7) is 0. The molecule has 0 aliphatic heterocycles. The van der Waals surface area contributed by atoms with Gasteiger partial charge in [-0.2, -0.15) is 10.5 Å². The average Bonchev–Trinajstić information content (AvgIpc) is 2.20. The zero-order valence-electron chi connectivity index (χ0n) is 7.34. The van der Waals surface area contributed by atoms with Gasteiger partial charge < -0.3 is 0 Å². The summed E-state index contributed by atoms with van der Waals surface area (Å²) in [5.74, 6) is 0. The minimum atomic E-state index is -2.77. The molecule has 0 aliphatic carbocycles. The van der Waals surface area contributed by atoms with Crippen molar-refractivity contribution < 1.29 is 8.78 Å². The quantitative estimate of drug-likeness (QED) is 0.777. The van der Waals surface area contributed by atoms with Gasteiger partial charge in [0, 0.05) is 11.8 Å². The van der Waals surface area contributed by atoms with Crippen LogP contribution in [0.1, 0.15) is 23.1 Å². The molecule has 0 aromatic carbocycles. The predicted molar refractivity (Wildman–Crippen MR) is 50.9 cm³/mol. The van der Waals surface area contributed by atoms with E-state index in [2.05, 4.69) is 20.9 Å². The van der Waals surface area contributed by atoms with Gasteiger partial charge in [0.1, 0.15) is 10.7 Å². The molecule has 1 aromatic heterocycles. The highest BCUT2D eigenvalue weighted by Crippen LogP contribution is 2.28. The standard InChI is InChI=1S/C9H4BrF2N3/c10-8-5(1-2-13)6(3-14)7(4-15-8)9(11)12/h4,9H,1H2. The second-order valence-corrected chi connectivity index (χ2v) is 3.36. The molecular weight excluding hydrogens is 268 g/mol. The Kier molecular flexibility index (Phi) is 3.70. The summed E-state index contributed by atoms with van der Waals surface area (Å²) >= 11 is 3.01. The van der Waals surface area contributed by atoms with Crippen LogP contribution in [-0.2, 0) is 6.42 Å². The van der Waals surface area contributed by atoms with E-state index in [0.29, 0.717) is 0 Å². The van der Waals surface area contributed by atoms with Crippen LogP contribution in [0.25, 0.3) is 0 Å². The van der Waals surface area contributed by atoms with Crippen LogP contribution in [0.2, 0.25) is 0 Å². The zero-order chi connectivity index (χ0) is 11.4. The third-order valence-electron chi connectivity index (χ3n) is 1.76. The lowest BCUT2D eigenvalue weighted by molar-refractivity contribution is 0.150. The molecule has 0 N–H and O–H groups in total. The normalized spacial score (nSPS) is 9.73. The van der Waals surface area contributed by atoms with Crippen LogP contribution in [0.3, 0.4) is 0 Å². The van der Waals surface area contributed by atoms with Crippen molar-refractivity contribution in [2.75, 3.05) is 0 Å². The number of alkyl halides is 2. The molecule has 0 atom stereocenters. The molecule has 0 amide bonds. The van der Waals surface area contributed by atoms with Crippen LogP contribution in [0, 0.1) is 22.7 Å². The molecule has 1 rings (SSSR count). The first-order valence-electron chi connectivity index (χ1n) is 3.84. The number of pyridine rings is 1. The Hall–Kier alpha value is -1.53. The Balaban J connectivity index is 3.43. The van der Waals surface area contributed by atoms with Gasteiger partial charge in [-0.05, 0) is 15.9 Å². The van der Waals surface area contributed by atoms with E-state index >= 15 is 0 Å². The third kappa shape index (κ3) is 2.28. The van der Waals surface area contributed by atoms with Gasteiger partial charge in [-0.15, -0.1) is 0 Å². The van der Waals surface area contributed by atoms with Gasteiger partial charge >= 0.3 is 0 Å². The zero-order valence-corrected chi connectivity index (χ0v) is 8.92. The van der Waals surface area contributed by atoms with Crippen molar-refractivity contribution >= 4 is 15.9 Å². The largest absolute Gasteiger partial charge is 0.266 e. The van der Waals surface area contributed by atoms with Crippen molar-refractivity contribution in [3.63, 3.8) is 0 Å². The lowest BCUT2D eigenvalue weighted by Gasteiger charge is -2.07. The molecule has 0 spiro atoms. The summed E-state index contributed by atoms with van der Waals surface area (Å²) < 4.78 is 25.2. The maximum Gasteiger partial charge on any atom is 0.266 e. The highest BCUT2D eigenvalue weighted by Gasteiger charge is 2.19. The van der Waals surface area contributed by atoms with Crippen LogP contribution in [-0.4, -0.2) is 4.98 Å². The fourth-order valence-corrected chi connectivity index (χ4v) is 1.52. The van der Waals surface area contributed by atoms with Crippen molar-refractivity contribution in [3.8, 4) is 12.1 Å². The predicted octanol–water partition coefficient (Wildman–Crippen LogP) is 2.72. The minimum Gasteiger partial charge on any atom is -0.248 e. The van der Waals surface area contributed by atoms with Gasteiger partial charge in [0.15, 0.2) is 0 Å². The molecule has 76 valence electrons. The number of halogens is 3.